The lowest BCUT2D eigenvalue weighted by Crippen LogP contribution is -2.29. The lowest BCUT2D eigenvalue weighted by atomic mass is 10.0. The Morgan fingerprint density at radius 2 is 2.21 bits per heavy atom. The molecular formula is C13H14BrClN2OS. The SMILES string of the molecule is COc1cc(Cl)ccc1C(Cc1ccc(Br)s1)NN. The van der Waals surface area contributed by atoms with Crippen LogP contribution in [0.1, 0.15) is 16.5 Å². The number of halogens is 2. The van der Waals surface area contributed by atoms with E-state index in [4.69, 9.17) is 22.2 Å². The van der Waals surface area contributed by atoms with E-state index in [-0.39, 0.29) is 6.04 Å². The highest BCUT2D eigenvalue weighted by atomic mass is 79.9. The second-order valence-corrected chi connectivity index (χ2v) is 7.00. The van der Waals surface area contributed by atoms with Gasteiger partial charge >= 0.3 is 0 Å². The van der Waals surface area contributed by atoms with E-state index in [0.717, 1.165) is 21.5 Å². The topological polar surface area (TPSA) is 47.3 Å². The van der Waals surface area contributed by atoms with Gasteiger partial charge in [-0.1, -0.05) is 17.7 Å². The van der Waals surface area contributed by atoms with E-state index in [1.165, 1.54) is 4.88 Å². The molecule has 6 heteroatoms. The third kappa shape index (κ3) is 3.70. The first-order valence-corrected chi connectivity index (χ1v) is 7.66. The largest absolute Gasteiger partial charge is 0.496 e. The molecule has 0 spiro atoms. The molecular weight excluding hydrogens is 348 g/mol. The Hall–Kier alpha value is -0.590. The van der Waals surface area contributed by atoms with Gasteiger partial charge in [0.25, 0.3) is 0 Å². The van der Waals surface area contributed by atoms with Crippen LogP contribution in [0.4, 0.5) is 0 Å². The first-order chi connectivity index (χ1) is 9.13. The lowest BCUT2D eigenvalue weighted by molar-refractivity contribution is 0.399. The number of methoxy groups -OCH3 is 1. The molecule has 1 unspecified atom stereocenters. The zero-order valence-corrected chi connectivity index (χ0v) is 13.5. The standard InChI is InChI=1S/C13H14BrClN2OS/c1-18-12-6-8(15)2-4-10(12)11(17-16)7-9-3-5-13(14)19-9/h2-6,11,17H,7,16H2,1H3. The Labute approximate surface area is 129 Å². The number of ether oxygens (including phenoxy) is 1. The summed E-state index contributed by atoms with van der Waals surface area (Å²) in [6.07, 6.45) is 0.796. The van der Waals surface area contributed by atoms with Crippen LogP contribution in [0.25, 0.3) is 0 Å². The molecule has 0 saturated heterocycles. The Kier molecular flexibility index (Phi) is 5.24. The number of nitrogens with one attached hydrogen (secondary N) is 1. The molecule has 0 aliphatic rings. The Morgan fingerprint density at radius 1 is 1.42 bits per heavy atom. The molecule has 19 heavy (non-hydrogen) atoms. The van der Waals surface area contributed by atoms with Crippen molar-refractivity contribution in [2.75, 3.05) is 7.11 Å². The molecule has 2 rings (SSSR count). The highest BCUT2D eigenvalue weighted by molar-refractivity contribution is 9.11. The summed E-state index contributed by atoms with van der Waals surface area (Å²) in [4.78, 5) is 1.24. The summed E-state index contributed by atoms with van der Waals surface area (Å²) in [5.41, 5.74) is 3.84. The molecule has 0 aliphatic carbocycles. The van der Waals surface area contributed by atoms with E-state index in [1.54, 1.807) is 24.5 Å². The van der Waals surface area contributed by atoms with Crippen molar-refractivity contribution in [2.24, 2.45) is 5.84 Å². The van der Waals surface area contributed by atoms with Crippen LogP contribution >= 0.6 is 38.9 Å². The van der Waals surface area contributed by atoms with Crippen LogP contribution in [-0.2, 0) is 6.42 Å². The van der Waals surface area contributed by atoms with Crippen molar-refractivity contribution in [3.05, 3.63) is 49.6 Å². The number of rotatable bonds is 5. The van der Waals surface area contributed by atoms with Crippen LogP contribution in [-0.4, -0.2) is 7.11 Å². The minimum Gasteiger partial charge on any atom is -0.496 e. The van der Waals surface area contributed by atoms with Gasteiger partial charge in [-0.25, -0.2) is 0 Å². The monoisotopic (exact) mass is 360 g/mol. The maximum Gasteiger partial charge on any atom is 0.125 e. The van der Waals surface area contributed by atoms with Gasteiger partial charge in [-0.05, 0) is 40.2 Å². The van der Waals surface area contributed by atoms with E-state index < -0.39 is 0 Å². The summed E-state index contributed by atoms with van der Waals surface area (Å²) in [7, 11) is 1.63. The molecule has 3 N–H and O–H groups in total. The van der Waals surface area contributed by atoms with Crippen molar-refractivity contribution in [3.63, 3.8) is 0 Å². The summed E-state index contributed by atoms with van der Waals surface area (Å²) in [6, 6.07) is 9.68. The van der Waals surface area contributed by atoms with Gasteiger partial charge < -0.3 is 4.74 Å². The molecule has 2 aromatic rings. The highest BCUT2D eigenvalue weighted by Crippen LogP contribution is 2.32. The molecule has 0 fully saturated rings. The molecule has 1 aromatic carbocycles. The van der Waals surface area contributed by atoms with Crippen molar-refractivity contribution in [1.29, 1.82) is 0 Å². The number of hydrazine groups is 1. The van der Waals surface area contributed by atoms with Crippen molar-refractivity contribution >= 4 is 38.9 Å². The summed E-state index contributed by atoms with van der Waals surface area (Å²) in [5, 5.41) is 0.648. The van der Waals surface area contributed by atoms with Crippen LogP contribution in [0.3, 0.4) is 0 Å². The first kappa shape index (κ1) is 14.8. The average Bonchev–Trinajstić information content (AvgIpc) is 2.81. The van der Waals surface area contributed by atoms with Gasteiger partial charge in [-0.3, -0.25) is 11.3 Å². The van der Waals surface area contributed by atoms with E-state index in [9.17, 15) is 0 Å². The van der Waals surface area contributed by atoms with Crippen LogP contribution in [0.5, 0.6) is 5.75 Å². The second kappa shape index (κ2) is 6.72. The Bertz CT molecular complexity index is 561. The summed E-state index contributed by atoms with van der Waals surface area (Å²) >= 11 is 11.1. The number of hydrogen-bond acceptors (Lipinski definition) is 4. The zero-order valence-electron chi connectivity index (χ0n) is 10.3. The Balaban J connectivity index is 2.26. The quantitative estimate of drug-likeness (QED) is 0.627. The minimum atomic E-state index is -0.0160. The van der Waals surface area contributed by atoms with E-state index in [0.29, 0.717) is 5.02 Å². The number of thiophene rings is 1. The fraction of sp³-hybridized carbons (Fsp3) is 0.231. The number of benzene rings is 1. The van der Waals surface area contributed by atoms with Gasteiger partial charge in [0.1, 0.15) is 5.75 Å². The normalized spacial score (nSPS) is 12.4. The van der Waals surface area contributed by atoms with Gasteiger partial charge in [0.15, 0.2) is 0 Å². The predicted octanol–water partition coefficient (Wildman–Crippen LogP) is 3.92. The van der Waals surface area contributed by atoms with Gasteiger partial charge in [0.05, 0.1) is 16.9 Å². The average molecular weight is 362 g/mol. The lowest BCUT2D eigenvalue weighted by Gasteiger charge is -2.18. The molecule has 0 radical (unpaired) electrons. The van der Waals surface area contributed by atoms with Gasteiger partial charge in [0, 0.05) is 21.9 Å². The fourth-order valence-electron chi connectivity index (χ4n) is 1.89. The highest BCUT2D eigenvalue weighted by Gasteiger charge is 2.16. The molecule has 0 bridgehead atoms. The van der Waals surface area contributed by atoms with E-state index >= 15 is 0 Å². The van der Waals surface area contributed by atoms with Gasteiger partial charge in [0.2, 0.25) is 0 Å². The molecule has 1 atom stereocenters. The van der Waals surface area contributed by atoms with Gasteiger partial charge in [-0.2, -0.15) is 0 Å². The zero-order chi connectivity index (χ0) is 13.8. The second-order valence-electron chi connectivity index (χ2n) is 4.02. The summed E-state index contributed by atoms with van der Waals surface area (Å²) < 4.78 is 6.48. The Morgan fingerprint density at radius 3 is 2.79 bits per heavy atom. The van der Waals surface area contributed by atoms with Crippen molar-refractivity contribution in [1.82, 2.24) is 5.43 Å². The smallest absolute Gasteiger partial charge is 0.125 e. The molecule has 102 valence electrons. The fourth-order valence-corrected chi connectivity index (χ4v) is 3.58. The molecule has 1 heterocycles. The third-order valence-corrected chi connectivity index (χ3v) is 4.69. The molecule has 1 aromatic heterocycles. The van der Waals surface area contributed by atoms with Gasteiger partial charge in [-0.15, -0.1) is 11.3 Å². The third-order valence-electron chi connectivity index (χ3n) is 2.81. The van der Waals surface area contributed by atoms with Crippen LogP contribution in [0.2, 0.25) is 5.02 Å². The van der Waals surface area contributed by atoms with Crippen LogP contribution in [0.15, 0.2) is 34.1 Å². The van der Waals surface area contributed by atoms with Crippen molar-refractivity contribution < 1.29 is 4.74 Å². The van der Waals surface area contributed by atoms with Crippen molar-refractivity contribution in [3.8, 4) is 5.75 Å². The van der Waals surface area contributed by atoms with E-state index in [2.05, 4.69) is 27.4 Å². The van der Waals surface area contributed by atoms with E-state index in [1.807, 2.05) is 18.2 Å². The van der Waals surface area contributed by atoms with Crippen LogP contribution < -0.4 is 16.0 Å². The number of hydrogen-bond donors (Lipinski definition) is 2. The number of nitrogens with two attached hydrogens (primary N) is 1. The minimum absolute atomic E-state index is 0.0160. The molecule has 0 saturated carbocycles. The summed E-state index contributed by atoms with van der Waals surface area (Å²) in [6.45, 7) is 0. The molecule has 0 amide bonds. The maximum absolute atomic E-state index is 5.97. The first-order valence-electron chi connectivity index (χ1n) is 5.68. The predicted molar refractivity (Wildman–Crippen MR) is 83.8 cm³/mol. The van der Waals surface area contributed by atoms with Crippen LogP contribution in [0, 0.1) is 0 Å². The molecule has 3 nitrogen and oxygen atoms in total. The van der Waals surface area contributed by atoms with Crippen molar-refractivity contribution in [2.45, 2.75) is 12.5 Å². The molecule has 0 aliphatic heterocycles. The summed E-state index contributed by atoms with van der Waals surface area (Å²) in [5.74, 6) is 6.42. The maximum atomic E-state index is 5.97.